The summed E-state index contributed by atoms with van der Waals surface area (Å²) < 4.78 is 40.3. The quantitative estimate of drug-likeness (QED) is 0.357. The number of morpholine rings is 1. The smallest absolute Gasteiger partial charge is 0.318 e. The number of hydrogen-bond donors (Lipinski definition) is 0. The fraction of sp³-hybridized carbons (Fsp3) is 0.455. The van der Waals surface area contributed by atoms with Crippen molar-refractivity contribution in [3.63, 3.8) is 0 Å². The van der Waals surface area contributed by atoms with E-state index < -0.39 is 23.6 Å². The molecular weight excluding hydrogens is 616 g/mol. The number of likely N-dealkylation sites (N-methyl/N-ethyl adjacent to an activating group) is 1. The fourth-order valence-electron chi connectivity index (χ4n) is 6.21. The molecule has 4 heterocycles. The van der Waals surface area contributed by atoms with E-state index in [4.69, 9.17) is 31.0 Å². The van der Waals surface area contributed by atoms with Crippen LogP contribution in [-0.4, -0.2) is 97.4 Å². The molecule has 1 aromatic carbocycles. The number of allylic oxidation sites excluding steroid dienone is 1. The molecule has 3 aliphatic rings. The Morgan fingerprint density at radius 2 is 2.02 bits per heavy atom. The molecule has 0 aliphatic carbocycles. The highest BCUT2D eigenvalue weighted by Crippen LogP contribution is 2.39. The Morgan fingerprint density at radius 1 is 1.22 bits per heavy atom. The van der Waals surface area contributed by atoms with E-state index in [1.54, 1.807) is 6.08 Å². The molecule has 0 N–H and O–H groups in total. The van der Waals surface area contributed by atoms with Crippen LogP contribution >= 0.6 is 11.6 Å². The first-order chi connectivity index (χ1) is 22.1. The molecule has 0 spiro atoms. The maximum absolute atomic E-state index is 14.4. The first-order valence-electron chi connectivity index (χ1n) is 15.2. The number of rotatable bonds is 9. The number of amides is 1. The Morgan fingerprint density at radius 3 is 2.72 bits per heavy atom. The van der Waals surface area contributed by atoms with Gasteiger partial charge in [0.2, 0.25) is 0 Å². The van der Waals surface area contributed by atoms with Crippen molar-refractivity contribution in [2.24, 2.45) is 0 Å². The SMILES string of the molecule is C=Cc1cccc(N2CCc3c(nc(OC[C@H]4CN(C)CCO4)nc3N3CCN(C(=O)C(=C)F)[C@@H](CC#N)C3)C2)c1/C(Cl)=C(\C)F. The van der Waals surface area contributed by atoms with E-state index in [-0.39, 0.29) is 43.3 Å². The largest absolute Gasteiger partial charge is 0.461 e. The normalized spacial score (nSPS) is 20.8. The van der Waals surface area contributed by atoms with Crippen LogP contribution in [0.15, 0.2) is 43.0 Å². The van der Waals surface area contributed by atoms with E-state index >= 15 is 0 Å². The summed E-state index contributed by atoms with van der Waals surface area (Å²) in [7, 11) is 2.03. The lowest BCUT2D eigenvalue weighted by Gasteiger charge is -2.42. The molecule has 0 radical (unpaired) electrons. The molecule has 10 nitrogen and oxygen atoms in total. The predicted molar refractivity (Wildman–Crippen MR) is 174 cm³/mol. The number of carbonyl (C=O) groups excluding carboxylic acids is 1. The first-order valence-corrected chi connectivity index (χ1v) is 15.6. The predicted octanol–water partition coefficient (Wildman–Crippen LogP) is 4.70. The van der Waals surface area contributed by atoms with E-state index in [1.807, 2.05) is 30.1 Å². The Labute approximate surface area is 273 Å². The van der Waals surface area contributed by atoms with Crippen LogP contribution in [0, 0.1) is 11.3 Å². The van der Waals surface area contributed by atoms with E-state index in [1.165, 1.54) is 11.8 Å². The van der Waals surface area contributed by atoms with Crippen LogP contribution in [0.5, 0.6) is 6.01 Å². The summed E-state index contributed by atoms with van der Waals surface area (Å²) in [5.41, 5.74) is 3.65. The Bertz CT molecular complexity index is 1570. The van der Waals surface area contributed by atoms with Crippen molar-refractivity contribution in [2.75, 3.05) is 69.3 Å². The van der Waals surface area contributed by atoms with Crippen LogP contribution in [0.1, 0.15) is 35.7 Å². The summed E-state index contributed by atoms with van der Waals surface area (Å²) in [5, 5.41) is 9.52. The number of nitriles is 1. The van der Waals surface area contributed by atoms with Gasteiger partial charge in [0, 0.05) is 56.1 Å². The summed E-state index contributed by atoms with van der Waals surface area (Å²) in [4.78, 5) is 29.8. The monoisotopic (exact) mass is 653 g/mol. The van der Waals surface area contributed by atoms with E-state index in [9.17, 15) is 18.8 Å². The highest BCUT2D eigenvalue weighted by Gasteiger charge is 2.35. The Balaban J connectivity index is 1.50. The zero-order valence-corrected chi connectivity index (χ0v) is 26.9. The number of fused-ring (bicyclic) bond motifs is 1. The standard InChI is InChI=1S/C33H38ClF2N7O3/c1-5-23-7-6-8-28(29(23)30(34)21(2)35)41-12-10-26-27(19-41)38-33(46-20-25-18-40(4)15-16-45-25)39-31(26)42-13-14-43(32(44)22(3)36)24(17-42)9-11-37/h5-8,24-25H,1,3,9-10,12-20H2,2,4H3/b30-21-/t24-,25+/m0/s1. The topological polar surface area (TPSA) is 98.1 Å². The van der Waals surface area contributed by atoms with Crippen LogP contribution in [0.2, 0.25) is 0 Å². The van der Waals surface area contributed by atoms with Gasteiger partial charge in [-0.3, -0.25) is 4.79 Å². The van der Waals surface area contributed by atoms with Crippen molar-refractivity contribution in [3.05, 3.63) is 65.4 Å². The number of anilines is 2. The van der Waals surface area contributed by atoms with Gasteiger partial charge in [-0.2, -0.15) is 15.2 Å². The van der Waals surface area contributed by atoms with Crippen LogP contribution < -0.4 is 14.5 Å². The minimum absolute atomic E-state index is 0.0214. The number of piperazine rings is 1. The summed E-state index contributed by atoms with van der Waals surface area (Å²) in [6.07, 6.45) is 2.08. The van der Waals surface area contributed by atoms with Crippen molar-refractivity contribution < 1.29 is 23.0 Å². The summed E-state index contributed by atoms with van der Waals surface area (Å²) in [6, 6.07) is 7.36. The molecule has 46 heavy (non-hydrogen) atoms. The maximum atomic E-state index is 14.4. The van der Waals surface area contributed by atoms with Gasteiger partial charge < -0.3 is 29.1 Å². The van der Waals surface area contributed by atoms with Crippen molar-refractivity contribution in [3.8, 4) is 12.1 Å². The molecule has 1 amide bonds. The number of ether oxygens (including phenoxy) is 2. The summed E-state index contributed by atoms with van der Waals surface area (Å²) in [5.74, 6) is -1.71. The molecule has 244 valence electrons. The number of hydrogen-bond acceptors (Lipinski definition) is 9. The molecule has 5 rings (SSSR count). The van der Waals surface area contributed by atoms with Gasteiger partial charge in [-0.1, -0.05) is 43.0 Å². The molecule has 2 atom stereocenters. The van der Waals surface area contributed by atoms with Crippen LogP contribution in [-0.2, 0) is 22.5 Å². The number of aromatic nitrogens is 2. The molecule has 2 saturated heterocycles. The second-order valence-electron chi connectivity index (χ2n) is 11.7. The lowest BCUT2D eigenvalue weighted by molar-refractivity contribution is -0.131. The zero-order chi connectivity index (χ0) is 33.0. The number of nitrogens with zero attached hydrogens (tertiary/aromatic N) is 7. The fourth-order valence-corrected chi connectivity index (χ4v) is 6.41. The highest BCUT2D eigenvalue weighted by molar-refractivity contribution is 6.50. The third-order valence-corrected chi connectivity index (χ3v) is 8.97. The second-order valence-corrected chi connectivity index (χ2v) is 12.0. The third-order valence-electron chi connectivity index (χ3n) is 8.52. The summed E-state index contributed by atoms with van der Waals surface area (Å²) >= 11 is 6.50. The first kappa shape index (κ1) is 33.3. The van der Waals surface area contributed by atoms with Gasteiger partial charge in [0.05, 0.1) is 42.4 Å². The number of benzene rings is 1. The van der Waals surface area contributed by atoms with Crippen molar-refractivity contribution in [1.29, 1.82) is 5.26 Å². The lowest BCUT2D eigenvalue weighted by Crippen LogP contribution is -2.55. The molecule has 0 unspecified atom stereocenters. The molecule has 2 aromatic rings. The number of carbonyl (C=O) groups is 1. The van der Waals surface area contributed by atoms with Crippen LogP contribution in [0.4, 0.5) is 20.3 Å². The molecule has 13 heteroatoms. The molecule has 0 bridgehead atoms. The van der Waals surface area contributed by atoms with Crippen molar-refractivity contribution in [1.82, 2.24) is 19.8 Å². The van der Waals surface area contributed by atoms with Crippen molar-refractivity contribution in [2.45, 2.75) is 38.5 Å². The minimum Gasteiger partial charge on any atom is -0.461 e. The summed E-state index contributed by atoms with van der Waals surface area (Å²) in [6.45, 7) is 12.6. The van der Waals surface area contributed by atoms with Gasteiger partial charge in [0.15, 0.2) is 5.83 Å². The van der Waals surface area contributed by atoms with Gasteiger partial charge in [0.25, 0.3) is 5.91 Å². The number of halogens is 3. The zero-order valence-electron chi connectivity index (χ0n) is 26.1. The Hall–Kier alpha value is -4.05. The van der Waals surface area contributed by atoms with E-state index in [0.29, 0.717) is 56.2 Å². The van der Waals surface area contributed by atoms with Gasteiger partial charge >= 0.3 is 6.01 Å². The highest BCUT2D eigenvalue weighted by atomic mass is 35.5. The third kappa shape index (κ3) is 7.17. The van der Waals surface area contributed by atoms with E-state index in [0.717, 1.165) is 23.5 Å². The molecule has 2 fully saturated rings. The minimum atomic E-state index is -1.06. The van der Waals surface area contributed by atoms with Crippen LogP contribution in [0.25, 0.3) is 11.1 Å². The molecule has 1 aromatic heterocycles. The van der Waals surface area contributed by atoms with Gasteiger partial charge in [0.1, 0.15) is 24.4 Å². The van der Waals surface area contributed by atoms with E-state index in [2.05, 4.69) is 29.0 Å². The molecule has 3 aliphatic heterocycles. The van der Waals surface area contributed by atoms with Crippen LogP contribution in [0.3, 0.4) is 0 Å². The molecule has 0 saturated carbocycles. The Kier molecular flexibility index (Phi) is 10.6. The second kappa shape index (κ2) is 14.6. The lowest BCUT2D eigenvalue weighted by atomic mass is 9.99. The molecular formula is C33H38ClF2N7O3. The van der Waals surface area contributed by atoms with Crippen molar-refractivity contribution >= 4 is 40.1 Å². The van der Waals surface area contributed by atoms with Gasteiger partial charge in [-0.15, -0.1) is 0 Å². The van der Waals surface area contributed by atoms with Gasteiger partial charge in [-0.05, 0) is 32.0 Å². The van der Waals surface area contributed by atoms with Gasteiger partial charge in [-0.25, -0.2) is 8.78 Å². The average Bonchev–Trinajstić information content (AvgIpc) is 3.05. The maximum Gasteiger partial charge on any atom is 0.318 e. The average molecular weight is 654 g/mol.